The fourth-order valence-corrected chi connectivity index (χ4v) is 3.29. The molecule has 2 rings (SSSR count). The number of likely N-dealkylation sites (tertiary alicyclic amines) is 1. The number of nitrogens with zero attached hydrogens (tertiary/aromatic N) is 1. The summed E-state index contributed by atoms with van der Waals surface area (Å²) < 4.78 is -0.968. The van der Waals surface area contributed by atoms with Crippen LogP contribution in [0.25, 0.3) is 0 Å². The molecule has 5 heteroatoms. The lowest BCUT2D eigenvalue weighted by Gasteiger charge is -2.40. The summed E-state index contributed by atoms with van der Waals surface area (Å²) in [5.74, 6) is -0.304. The predicted molar refractivity (Wildman–Crippen MR) is 81.3 cm³/mol. The van der Waals surface area contributed by atoms with E-state index in [1.165, 1.54) is 0 Å². The summed E-state index contributed by atoms with van der Waals surface area (Å²) in [5, 5.41) is 0. The van der Waals surface area contributed by atoms with Gasteiger partial charge in [-0.2, -0.15) is 12.6 Å². The Morgan fingerprint density at radius 1 is 1.25 bits per heavy atom. The third-order valence-corrected chi connectivity index (χ3v) is 4.96. The molecule has 2 N–H and O–H groups in total. The highest BCUT2D eigenvalue weighted by atomic mass is 32.1. The van der Waals surface area contributed by atoms with E-state index >= 15 is 0 Å². The van der Waals surface area contributed by atoms with E-state index in [1.807, 2.05) is 30.3 Å². The zero-order valence-corrected chi connectivity index (χ0v) is 12.5. The molecule has 0 radical (unpaired) electrons. The van der Waals surface area contributed by atoms with Gasteiger partial charge in [-0.05, 0) is 24.3 Å². The molecular weight excluding hydrogens is 272 g/mol. The van der Waals surface area contributed by atoms with Crippen LogP contribution in [0.2, 0.25) is 0 Å². The number of carbonyl (C=O) groups is 2. The minimum Gasteiger partial charge on any atom is -0.368 e. The molecule has 1 fully saturated rings. The van der Waals surface area contributed by atoms with Crippen LogP contribution < -0.4 is 5.73 Å². The summed E-state index contributed by atoms with van der Waals surface area (Å²) in [6.45, 7) is 2.88. The average molecular weight is 292 g/mol. The number of primary amides is 1. The van der Waals surface area contributed by atoms with Crippen LogP contribution in [-0.2, 0) is 14.3 Å². The highest BCUT2D eigenvalue weighted by molar-refractivity contribution is 7.82. The molecule has 1 aromatic carbocycles. The van der Waals surface area contributed by atoms with Crippen LogP contribution in [0.3, 0.4) is 0 Å². The Hall–Kier alpha value is -1.49. The van der Waals surface area contributed by atoms with Crippen LogP contribution in [0, 0.1) is 5.92 Å². The molecule has 1 heterocycles. The number of piperidine rings is 1. The molecule has 0 aromatic heterocycles. The molecule has 0 saturated carbocycles. The third kappa shape index (κ3) is 2.68. The maximum atomic E-state index is 12.0. The lowest BCUT2D eigenvalue weighted by Crippen LogP contribution is -2.48. The summed E-state index contributed by atoms with van der Waals surface area (Å²) in [6.07, 6.45) is 1.47. The minimum absolute atomic E-state index is 0.0429. The van der Waals surface area contributed by atoms with Gasteiger partial charge in [-0.1, -0.05) is 30.3 Å². The number of hydrogen-bond acceptors (Lipinski definition) is 3. The summed E-state index contributed by atoms with van der Waals surface area (Å²) in [6, 6.07) is 9.43. The van der Waals surface area contributed by atoms with Gasteiger partial charge in [0.2, 0.25) is 11.8 Å². The quantitative estimate of drug-likeness (QED) is 0.830. The topological polar surface area (TPSA) is 63.4 Å². The number of amides is 2. The number of benzene rings is 1. The number of thiol groups is 1. The normalized spacial score (nSPS) is 19.4. The van der Waals surface area contributed by atoms with Gasteiger partial charge < -0.3 is 10.6 Å². The summed E-state index contributed by atoms with van der Waals surface area (Å²) in [7, 11) is 0. The molecule has 1 atom stereocenters. The van der Waals surface area contributed by atoms with E-state index in [2.05, 4.69) is 12.6 Å². The van der Waals surface area contributed by atoms with Crippen molar-refractivity contribution in [2.24, 2.45) is 11.7 Å². The van der Waals surface area contributed by atoms with Crippen LogP contribution in [0.1, 0.15) is 25.3 Å². The number of nitrogens with two attached hydrogens (primary N) is 1. The Balaban J connectivity index is 2.23. The van der Waals surface area contributed by atoms with Crippen LogP contribution in [0.5, 0.6) is 0 Å². The first kappa shape index (κ1) is 14.9. The Morgan fingerprint density at radius 2 is 1.80 bits per heavy atom. The van der Waals surface area contributed by atoms with Gasteiger partial charge in [0, 0.05) is 20.0 Å². The van der Waals surface area contributed by atoms with Crippen molar-refractivity contribution < 1.29 is 9.59 Å². The van der Waals surface area contributed by atoms with Crippen molar-refractivity contribution in [3.8, 4) is 0 Å². The maximum absolute atomic E-state index is 12.0. The van der Waals surface area contributed by atoms with E-state index in [9.17, 15) is 9.59 Å². The van der Waals surface area contributed by atoms with Crippen LogP contribution in [0.15, 0.2) is 30.3 Å². The van der Waals surface area contributed by atoms with Gasteiger partial charge in [0.25, 0.3) is 0 Å². The van der Waals surface area contributed by atoms with E-state index in [1.54, 1.807) is 11.8 Å². The smallest absolute Gasteiger partial charge is 0.238 e. The second-order valence-electron chi connectivity index (χ2n) is 5.28. The monoisotopic (exact) mass is 292 g/mol. The lowest BCUT2D eigenvalue weighted by atomic mass is 9.78. The van der Waals surface area contributed by atoms with Gasteiger partial charge in [0.1, 0.15) is 4.75 Å². The molecule has 0 spiro atoms. The molecule has 1 aliphatic rings. The first-order valence-electron chi connectivity index (χ1n) is 6.79. The first-order valence-corrected chi connectivity index (χ1v) is 7.24. The van der Waals surface area contributed by atoms with Crippen molar-refractivity contribution in [3.05, 3.63) is 35.9 Å². The van der Waals surface area contributed by atoms with Gasteiger partial charge in [-0.3, -0.25) is 9.59 Å². The van der Waals surface area contributed by atoms with Crippen molar-refractivity contribution in [1.82, 2.24) is 4.90 Å². The fraction of sp³-hybridized carbons (Fsp3) is 0.467. The zero-order valence-electron chi connectivity index (χ0n) is 11.6. The van der Waals surface area contributed by atoms with Crippen molar-refractivity contribution in [1.29, 1.82) is 0 Å². The average Bonchev–Trinajstić information content (AvgIpc) is 2.47. The van der Waals surface area contributed by atoms with Gasteiger partial charge in [0.15, 0.2) is 0 Å². The van der Waals surface area contributed by atoms with Crippen molar-refractivity contribution in [2.45, 2.75) is 24.5 Å². The zero-order chi connectivity index (χ0) is 14.8. The molecule has 1 unspecified atom stereocenters. The van der Waals surface area contributed by atoms with E-state index in [0.717, 1.165) is 18.4 Å². The van der Waals surface area contributed by atoms with Gasteiger partial charge in [0.05, 0.1) is 0 Å². The minimum atomic E-state index is -0.968. The Bertz CT molecular complexity index is 498. The summed E-state index contributed by atoms with van der Waals surface area (Å²) in [4.78, 5) is 25.2. The molecule has 1 aromatic rings. The fourth-order valence-electron chi connectivity index (χ4n) is 2.88. The van der Waals surface area contributed by atoms with E-state index < -0.39 is 10.7 Å². The standard InChI is InChI=1S/C15H20N2O2S/c1-11(18)17-9-7-13(8-10-17)15(20,14(16)19)12-5-3-2-4-6-12/h2-6,13,20H,7-10H2,1H3,(H2,16,19). The van der Waals surface area contributed by atoms with Gasteiger partial charge in [-0.25, -0.2) is 0 Å². The highest BCUT2D eigenvalue weighted by Crippen LogP contribution is 2.41. The maximum Gasteiger partial charge on any atom is 0.238 e. The van der Waals surface area contributed by atoms with E-state index in [4.69, 9.17) is 5.73 Å². The molecule has 20 heavy (non-hydrogen) atoms. The van der Waals surface area contributed by atoms with Crippen molar-refractivity contribution in [2.75, 3.05) is 13.1 Å². The molecule has 0 aliphatic carbocycles. The Labute approximate surface area is 124 Å². The number of carbonyl (C=O) groups excluding carboxylic acids is 2. The first-order chi connectivity index (χ1) is 9.46. The van der Waals surface area contributed by atoms with Crippen molar-refractivity contribution >= 4 is 24.4 Å². The van der Waals surface area contributed by atoms with Gasteiger partial charge >= 0.3 is 0 Å². The predicted octanol–water partition coefficient (Wildman–Crippen LogP) is 1.56. The molecular formula is C15H20N2O2S. The molecule has 1 aliphatic heterocycles. The van der Waals surface area contributed by atoms with Crippen molar-refractivity contribution in [3.63, 3.8) is 0 Å². The second kappa shape index (κ2) is 5.87. The molecule has 0 bridgehead atoms. The Kier molecular flexibility index (Phi) is 4.38. The second-order valence-corrected chi connectivity index (χ2v) is 5.98. The van der Waals surface area contributed by atoms with Crippen LogP contribution in [-0.4, -0.2) is 29.8 Å². The van der Waals surface area contributed by atoms with E-state index in [0.29, 0.717) is 13.1 Å². The molecule has 2 amide bonds. The van der Waals surface area contributed by atoms with Crippen LogP contribution in [0.4, 0.5) is 0 Å². The lowest BCUT2D eigenvalue weighted by molar-refractivity contribution is -0.130. The third-order valence-electron chi connectivity index (χ3n) is 4.12. The van der Waals surface area contributed by atoms with E-state index in [-0.39, 0.29) is 11.8 Å². The number of hydrogen-bond donors (Lipinski definition) is 2. The summed E-state index contributed by atoms with van der Waals surface area (Å²) in [5.41, 5.74) is 6.46. The molecule has 4 nitrogen and oxygen atoms in total. The largest absolute Gasteiger partial charge is 0.368 e. The van der Waals surface area contributed by atoms with Gasteiger partial charge in [-0.15, -0.1) is 0 Å². The molecule has 1 saturated heterocycles. The SMILES string of the molecule is CC(=O)N1CCC(C(S)(C(N)=O)c2ccccc2)CC1. The Morgan fingerprint density at radius 3 is 2.25 bits per heavy atom. The van der Waals surface area contributed by atoms with Crippen LogP contribution >= 0.6 is 12.6 Å². The molecule has 108 valence electrons. The highest BCUT2D eigenvalue weighted by Gasteiger charge is 2.43. The number of rotatable bonds is 3. The summed E-state index contributed by atoms with van der Waals surface area (Å²) >= 11 is 4.65.